The fraction of sp³-hybridized carbons (Fsp3) is 0.200. The molecule has 3 aromatic carbocycles. The van der Waals surface area contributed by atoms with Crippen molar-refractivity contribution in [2.24, 2.45) is 5.10 Å². The average molecular weight is 596 g/mol. The lowest BCUT2D eigenvalue weighted by atomic mass is 10.2. The maximum atomic E-state index is 13.7. The molecular weight excluding hydrogens is 562 g/mol. The standard InChI is InChI=1S/C30H33N3O6S2/c1-5-18-38-26-11-8-23(29(20-26)39-19-6-2)21-31-32-30(34)22-33(24-9-12-25(13-10-24)37-7-3)41(35,36)28-16-14-27(40-4)15-17-28/h5-6,8-17,20-21H,1-2,7,18-19,22H2,3-4H3,(H,32,34)/b31-21-. The summed E-state index contributed by atoms with van der Waals surface area (Å²) in [5.74, 6) is 0.991. The highest BCUT2D eigenvalue weighted by molar-refractivity contribution is 7.98. The monoisotopic (exact) mass is 595 g/mol. The molecule has 0 atom stereocenters. The predicted octanol–water partition coefficient (Wildman–Crippen LogP) is 5.28. The van der Waals surface area contributed by atoms with Gasteiger partial charge in [0.25, 0.3) is 15.9 Å². The first kappa shape index (κ1) is 31.3. The lowest BCUT2D eigenvalue weighted by Gasteiger charge is -2.24. The number of rotatable bonds is 16. The molecule has 1 amide bonds. The molecule has 216 valence electrons. The Bertz CT molecular complexity index is 1460. The van der Waals surface area contributed by atoms with Crippen LogP contribution >= 0.6 is 11.8 Å². The van der Waals surface area contributed by atoms with E-state index in [1.54, 1.807) is 66.7 Å². The lowest BCUT2D eigenvalue weighted by molar-refractivity contribution is -0.119. The van der Waals surface area contributed by atoms with E-state index in [0.717, 1.165) is 9.20 Å². The number of thioether (sulfide) groups is 1. The van der Waals surface area contributed by atoms with Crippen molar-refractivity contribution >= 4 is 39.6 Å². The number of hydrogen-bond donors (Lipinski definition) is 1. The van der Waals surface area contributed by atoms with E-state index >= 15 is 0 Å². The minimum atomic E-state index is -4.09. The number of nitrogens with one attached hydrogen (secondary N) is 1. The summed E-state index contributed by atoms with van der Waals surface area (Å²) in [4.78, 5) is 13.9. The Morgan fingerprint density at radius 2 is 1.61 bits per heavy atom. The van der Waals surface area contributed by atoms with E-state index in [-0.39, 0.29) is 11.5 Å². The number of sulfonamides is 1. The minimum Gasteiger partial charge on any atom is -0.494 e. The molecule has 11 heteroatoms. The van der Waals surface area contributed by atoms with Gasteiger partial charge in [-0.05, 0) is 73.8 Å². The molecule has 9 nitrogen and oxygen atoms in total. The second kappa shape index (κ2) is 15.5. The molecule has 0 aliphatic carbocycles. The average Bonchev–Trinajstić information content (AvgIpc) is 2.99. The van der Waals surface area contributed by atoms with Crippen LogP contribution in [0, 0.1) is 0 Å². The van der Waals surface area contributed by atoms with E-state index in [0.29, 0.717) is 41.7 Å². The second-order valence-corrected chi connectivity index (χ2v) is 11.0. The molecule has 0 saturated heterocycles. The second-order valence-electron chi connectivity index (χ2n) is 8.31. The van der Waals surface area contributed by atoms with E-state index in [4.69, 9.17) is 14.2 Å². The van der Waals surface area contributed by atoms with Gasteiger partial charge in [0, 0.05) is 16.5 Å². The van der Waals surface area contributed by atoms with Crippen LogP contribution in [0.1, 0.15) is 12.5 Å². The number of carbonyl (C=O) groups is 1. The molecule has 0 aromatic heterocycles. The van der Waals surface area contributed by atoms with Crippen LogP contribution in [-0.2, 0) is 14.8 Å². The summed E-state index contributed by atoms with van der Waals surface area (Å²) < 4.78 is 45.1. The van der Waals surface area contributed by atoms with Gasteiger partial charge in [0.15, 0.2) is 0 Å². The smallest absolute Gasteiger partial charge is 0.264 e. The maximum Gasteiger partial charge on any atom is 0.264 e. The molecular formula is C30H33N3O6S2. The molecule has 0 fully saturated rings. The summed E-state index contributed by atoms with van der Waals surface area (Å²) in [5.41, 5.74) is 3.29. The van der Waals surface area contributed by atoms with Crippen molar-refractivity contribution in [2.75, 3.05) is 36.9 Å². The maximum absolute atomic E-state index is 13.7. The third kappa shape index (κ3) is 8.89. The van der Waals surface area contributed by atoms with Gasteiger partial charge in [0.1, 0.15) is 37.0 Å². The highest BCUT2D eigenvalue weighted by atomic mass is 32.2. The zero-order valence-corrected chi connectivity index (χ0v) is 24.6. The first-order chi connectivity index (χ1) is 19.8. The fourth-order valence-corrected chi connectivity index (χ4v) is 5.37. The molecule has 0 spiro atoms. The van der Waals surface area contributed by atoms with Crippen LogP contribution in [-0.4, -0.2) is 53.2 Å². The van der Waals surface area contributed by atoms with Crippen molar-refractivity contribution in [1.29, 1.82) is 0 Å². The SMILES string of the molecule is C=CCOc1ccc(/C=N\NC(=O)CN(c2ccc(OCC)cc2)S(=O)(=O)c2ccc(SC)cc2)c(OCC=C)c1. The number of ether oxygens (including phenoxy) is 3. The van der Waals surface area contributed by atoms with Gasteiger partial charge in [-0.1, -0.05) is 25.3 Å². The lowest BCUT2D eigenvalue weighted by Crippen LogP contribution is -2.39. The first-order valence-corrected chi connectivity index (χ1v) is 15.3. The van der Waals surface area contributed by atoms with Crippen molar-refractivity contribution < 1.29 is 27.4 Å². The minimum absolute atomic E-state index is 0.0586. The molecule has 41 heavy (non-hydrogen) atoms. The predicted molar refractivity (Wildman–Crippen MR) is 164 cm³/mol. The van der Waals surface area contributed by atoms with Gasteiger partial charge in [-0.15, -0.1) is 11.8 Å². The fourth-order valence-electron chi connectivity index (χ4n) is 3.54. The van der Waals surface area contributed by atoms with Gasteiger partial charge < -0.3 is 14.2 Å². The van der Waals surface area contributed by atoms with Crippen molar-refractivity contribution in [1.82, 2.24) is 5.43 Å². The molecule has 0 aliphatic rings. The molecule has 3 rings (SSSR count). The number of amides is 1. The Morgan fingerprint density at radius 1 is 0.951 bits per heavy atom. The van der Waals surface area contributed by atoms with Crippen LogP contribution < -0.4 is 23.9 Å². The Labute approximate surface area is 245 Å². The summed E-state index contributed by atoms with van der Waals surface area (Å²) in [6.45, 7) is 9.69. The van der Waals surface area contributed by atoms with Crippen molar-refractivity contribution in [3.8, 4) is 17.2 Å². The van der Waals surface area contributed by atoms with E-state index in [1.165, 1.54) is 30.1 Å². The van der Waals surface area contributed by atoms with E-state index in [1.807, 2.05) is 13.2 Å². The van der Waals surface area contributed by atoms with Gasteiger partial charge in [-0.2, -0.15) is 5.10 Å². The molecule has 3 aromatic rings. The van der Waals surface area contributed by atoms with Crippen LogP contribution in [0.15, 0.2) is 107 Å². The number of hydrazone groups is 1. The number of carbonyl (C=O) groups excluding carboxylic acids is 1. The molecule has 0 bridgehead atoms. The summed E-state index contributed by atoms with van der Waals surface area (Å²) in [6, 6.07) is 18.1. The van der Waals surface area contributed by atoms with Crippen LogP contribution in [0.2, 0.25) is 0 Å². The molecule has 0 heterocycles. The Kier molecular flexibility index (Phi) is 11.9. The number of benzene rings is 3. The summed E-state index contributed by atoms with van der Waals surface area (Å²) in [5, 5.41) is 4.03. The zero-order valence-electron chi connectivity index (χ0n) is 23.0. The topological polar surface area (TPSA) is 107 Å². The quantitative estimate of drug-likeness (QED) is 0.104. The van der Waals surface area contributed by atoms with Gasteiger partial charge in [-0.25, -0.2) is 13.8 Å². The van der Waals surface area contributed by atoms with Gasteiger partial charge in [0.2, 0.25) is 0 Å². The molecule has 0 aliphatic heterocycles. The molecule has 0 unspecified atom stereocenters. The zero-order chi connectivity index (χ0) is 29.7. The third-order valence-corrected chi connectivity index (χ3v) is 8.00. The van der Waals surface area contributed by atoms with Crippen molar-refractivity contribution in [3.05, 3.63) is 97.6 Å². The van der Waals surface area contributed by atoms with Gasteiger partial charge in [0.05, 0.1) is 23.4 Å². The number of hydrogen-bond acceptors (Lipinski definition) is 8. The molecule has 0 radical (unpaired) electrons. The Hall–Kier alpha value is -4.22. The normalized spacial score (nSPS) is 11.1. The van der Waals surface area contributed by atoms with Crippen molar-refractivity contribution in [2.45, 2.75) is 16.7 Å². The third-order valence-electron chi connectivity index (χ3n) is 5.47. The molecule has 1 N–H and O–H groups in total. The van der Waals surface area contributed by atoms with E-state index < -0.39 is 22.5 Å². The van der Waals surface area contributed by atoms with Crippen LogP contribution in [0.25, 0.3) is 0 Å². The van der Waals surface area contributed by atoms with Crippen molar-refractivity contribution in [3.63, 3.8) is 0 Å². The van der Waals surface area contributed by atoms with Crippen LogP contribution in [0.4, 0.5) is 5.69 Å². The Morgan fingerprint density at radius 3 is 2.24 bits per heavy atom. The van der Waals surface area contributed by atoms with E-state index in [9.17, 15) is 13.2 Å². The van der Waals surface area contributed by atoms with Gasteiger partial charge >= 0.3 is 0 Å². The number of nitrogens with zero attached hydrogens (tertiary/aromatic N) is 2. The Balaban J connectivity index is 1.83. The van der Waals surface area contributed by atoms with Crippen LogP contribution in [0.3, 0.4) is 0 Å². The first-order valence-electron chi connectivity index (χ1n) is 12.6. The van der Waals surface area contributed by atoms with E-state index in [2.05, 4.69) is 23.7 Å². The summed E-state index contributed by atoms with van der Waals surface area (Å²) in [6.07, 6.45) is 6.54. The summed E-state index contributed by atoms with van der Waals surface area (Å²) in [7, 11) is -4.09. The molecule has 0 saturated carbocycles. The van der Waals surface area contributed by atoms with Gasteiger partial charge in [-0.3, -0.25) is 9.10 Å². The van der Waals surface area contributed by atoms with Crippen LogP contribution in [0.5, 0.6) is 17.2 Å². The largest absolute Gasteiger partial charge is 0.494 e. The highest BCUT2D eigenvalue weighted by Crippen LogP contribution is 2.27. The summed E-state index contributed by atoms with van der Waals surface area (Å²) >= 11 is 1.50. The highest BCUT2D eigenvalue weighted by Gasteiger charge is 2.27. The number of anilines is 1.